The molecule has 19 heavy (non-hydrogen) atoms. The van der Waals surface area contributed by atoms with Gasteiger partial charge in [0.15, 0.2) is 0 Å². The summed E-state index contributed by atoms with van der Waals surface area (Å²) in [5, 5.41) is 0. The van der Waals surface area contributed by atoms with Crippen LogP contribution in [0.3, 0.4) is 0 Å². The molecule has 0 radical (unpaired) electrons. The first-order chi connectivity index (χ1) is 9.12. The molecule has 0 aromatic heterocycles. The van der Waals surface area contributed by atoms with Gasteiger partial charge < -0.3 is 4.74 Å². The van der Waals surface area contributed by atoms with Crippen molar-refractivity contribution in [3.8, 4) is 5.75 Å². The van der Waals surface area contributed by atoms with Gasteiger partial charge in [-0.3, -0.25) is 0 Å². The molecule has 0 aliphatic rings. The van der Waals surface area contributed by atoms with E-state index in [-0.39, 0.29) is 11.4 Å². The highest BCUT2D eigenvalue weighted by Crippen LogP contribution is 2.12. The summed E-state index contributed by atoms with van der Waals surface area (Å²) in [6.07, 6.45) is 0. The molecule has 5 heteroatoms. The van der Waals surface area contributed by atoms with Crippen LogP contribution in [-0.2, 0) is 16.6 Å². The van der Waals surface area contributed by atoms with Crippen molar-refractivity contribution in [3.05, 3.63) is 60.2 Å². The Bertz CT molecular complexity index is 622. The minimum atomic E-state index is -3.46. The zero-order chi connectivity index (χ0) is 13.7. The number of hydrogen-bond donors (Lipinski definition) is 1. The molecule has 4 nitrogen and oxygen atoms in total. The molecule has 0 saturated carbocycles. The van der Waals surface area contributed by atoms with Gasteiger partial charge in [-0.2, -0.15) is 0 Å². The van der Waals surface area contributed by atoms with Crippen molar-refractivity contribution in [1.82, 2.24) is 4.72 Å². The van der Waals surface area contributed by atoms with E-state index in [1.54, 1.807) is 49.6 Å². The quantitative estimate of drug-likeness (QED) is 0.911. The second kappa shape index (κ2) is 5.86. The zero-order valence-electron chi connectivity index (χ0n) is 10.5. The lowest BCUT2D eigenvalue weighted by molar-refractivity contribution is 0.414. The third-order valence-corrected chi connectivity index (χ3v) is 4.10. The van der Waals surface area contributed by atoms with E-state index in [1.807, 2.05) is 12.1 Å². The minimum absolute atomic E-state index is 0.251. The fourth-order valence-corrected chi connectivity index (χ4v) is 2.64. The Morgan fingerprint density at radius 3 is 2.21 bits per heavy atom. The van der Waals surface area contributed by atoms with Gasteiger partial charge >= 0.3 is 0 Å². The molecule has 1 N–H and O–H groups in total. The first-order valence-corrected chi connectivity index (χ1v) is 7.28. The zero-order valence-corrected chi connectivity index (χ0v) is 11.4. The van der Waals surface area contributed by atoms with E-state index in [4.69, 9.17) is 4.74 Å². The topological polar surface area (TPSA) is 55.4 Å². The lowest BCUT2D eigenvalue weighted by Gasteiger charge is -2.07. The van der Waals surface area contributed by atoms with Crippen LogP contribution >= 0.6 is 0 Å². The van der Waals surface area contributed by atoms with Gasteiger partial charge in [0.25, 0.3) is 0 Å². The van der Waals surface area contributed by atoms with Crippen LogP contribution in [-0.4, -0.2) is 15.5 Å². The maximum Gasteiger partial charge on any atom is 0.240 e. The molecular weight excluding hydrogens is 262 g/mol. The Kier molecular flexibility index (Phi) is 4.19. The fourth-order valence-electron chi connectivity index (χ4n) is 1.60. The first-order valence-electron chi connectivity index (χ1n) is 5.79. The minimum Gasteiger partial charge on any atom is -0.497 e. The third kappa shape index (κ3) is 3.56. The molecule has 2 rings (SSSR count). The van der Waals surface area contributed by atoms with Crippen LogP contribution in [0.15, 0.2) is 59.5 Å². The molecule has 0 bridgehead atoms. The summed E-state index contributed by atoms with van der Waals surface area (Å²) in [6, 6.07) is 15.6. The summed E-state index contributed by atoms with van der Waals surface area (Å²) in [5.74, 6) is 0.745. The largest absolute Gasteiger partial charge is 0.497 e. The average Bonchev–Trinajstić information content (AvgIpc) is 2.47. The van der Waals surface area contributed by atoms with E-state index >= 15 is 0 Å². The summed E-state index contributed by atoms with van der Waals surface area (Å²) >= 11 is 0. The molecule has 0 fully saturated rings. The second-order valence-corrected chi connectivity index (χ2v) is 5.75. The van der Waals surface area contributed by atoms with Gasteiger partial charge in [-0.15, -0.1) is 0 Å². The van der Waals surface area contributed by atoms with Crippen molar-refractivity contribution in [1.29, 1.82) is 0 Å². The van der Waals surface area contributed by atoms with E-state index < -0.39 is 10.0 Å². The van der Waals surface area contributed by atoms with Crippen LogP contribution in [0.5, 0.6) is 5.75 Å². The Hall–Kier alpha value is -1.85. The highest BCUT2D eigenvalue weighted by Gasteiger charge is 2.12. The van der Waals surface area contributed by atoms with E-state index in [0.29, 0.717) is 0 Å². The van der Waals surface area contributed by atoms with Crippen molar-refractivity contribution < 1.29 is 13.2 Å². The predicted molar refractivity (Wildman–Crippen MR) is 73.5 cm³/mol. The predicted octanol–water partition coefficient (Wildman–Crippen LogP) is 2.17. The highest BCUT2D eigenvalue weighted by molar-refractivity contribution is 7.89. The Labute approximate surface area is 113 Å². The smallest absolute Gasteiger partial charge is 0.240 e. The maximum absolute atomic E-state index is 12.0. The van der Waals surface area contributed by atoms with Crippen molar-refractivity contribution in [2.45, 2.75) is 11.4 Å². The maximum atomic E-state index is 12.0. The Morgan fingerprint density at radius 1 is 1.00 bits per heavy atom. The molecule has 0 amide bonds. The molecule has 0 saturated heterocycles. The summed E-state index contributed by atoms with van der Waals surface area (Å²) in [4.78, 5) is 0.267. The van der Waals surface area contributed by atoms with E-state index in [0.717, 1.165) is 11.3 Å². The molecule has 2 aromatic rings. The van der Waals surface area contributed by atoms with Gasteiger partial charge in [0.2, 0.25) is 10.0 Å². The lowest BCUT2D eigenvalue weighted by atomic mass is 10.2. The van der Waals surface area contributed by atoms with Gasteiger partial charge in [-0.25, -0.2) is 13.1 Å². The Morgan fingerprint density at radius 2 is 1.63 bits per heavy atom. The normalized spacial score (nSPS) is 11.2. The lowest BCUT2D eigenvalue weighted by Crippen LogP contribution is -2.23. The monoisotopic (exact) mass is 277 g/mol. The number of benzene rings is 2. The second-order valence-electron chi connectivity index (χ2n) is 3.99. The van der Waals surface area contributed by atoms with Gasteiger partial charge in [0.1, 0.15) is 5.75 Å². The summed E-state index contributed by atoms with van der Waals surface area (Å²) in [7, 11) is -1.87. The molecule has 0 atom stereocenters. The van der Waals surface area contributed by atoms with Crippen molar-refractivity contribution >= 4 is 10.0 Å². The van der Waals surface area contributed by atoms with Crippen molar-refractivity contribution in [2.24, 2.45) is 0 Å². The van der Waals surface area contributed by atoms with Crippen LogP contribution in [0.4, 0.5) is 0 Å². The van der Waals surface area contributed by atoms with Gasteiger partial charge in [-0.05, 0) is 29.8 Å². The van der Waals surface area contributed by atoms with Crippen LogP contribution in [0.25, 0.3) is 0 Å². The van der Waals surface area contributed by atoms with Crippen molar-refractivity contribution in [3.63, 3.8) is 0 Å². The highest BCUT2D eigenvalue weighted by atomic mass is 32.2. The molecule has 100 valence electrons. The van der Waals surface area contributed by atoms with Crippen LogP contribution in [0.1, 0.15) is 5.56 Å². The van der Waals surface area contributed by atoms with Crippen molar-refractivity contribution in [2.75, 3.05) is 7.11 Å². The molecule has 0 aliphatic heterocycles. The molecular formula is C14H15NO3S. The standard InChI is InChI=1S/C14H15NO3S/c1-18-13-9-7-12(8-10-13)11-15-19(16,17)14-5-3-2-4-6-14/h2-10,15H,11H2,1H3. The molecule has 0 unspecified atom stereocenters. The van der Waals surface area contributed by atoms with E-state index in [2.05, 4.69) is 4.72 Å². The summed E-state index contributed by atoms with van der Waals surface area (Å²) < 4.78 is 31.6. The third-order valence-electron chi connectivity index (χ3n) is 2.68. The number of methoxy groups -OCH3 is 1. The molecule has 2 aromatic carbocycles. The van der Waals surface area contributed by atoms with Gasteiger partial charge in [-0.1, -0.05) is 30.3 Å². The van der Waals surface area contributed by atoms with Gasteiger partial charge in [0, 0.05) is 6.54 Å². The van der Waals surface area contributed by atoms with Crippen LogP contribution in [0.2, 0.25) is 0 Å². The molecule has 0 heterocycles. The number of sulfonamides is 1. The fraction of sp³-hybridized carbons (Fsp3) is 0.143. The summed E-state index contributed by atoms with van der Waals surface area (Å²) in [6.45, 7) is 0.251. The first kappa shape index (κ1) is 13.6. The number of ether oxygens (including phenoxy) is 1. The number of rotatable bonds is 5. The molecule has 0 spiro atoms. The Balaban J connectivity index is 2.05. The van der Waals surface area contributed by atoms with E-state index in [9.17, 15) is 8.42 Å². The average molecular weight is 277 g/mol. The van der Waals surface area contributed by atoms with Gasteiger partial charge in [0.05, 0.1) is 12.0 Å². The number of hydrogen-bond acceptors (Lipinski definition) is 3. The number of nitrogens with one attached hydrogen (secondary N) is 1. The summed E-state index contributed by atoms with van der Waals surface area (Å²) in [5.41, 5.74) is 0.875. The SMILES string of the molecule is COc1ccc(CNS(=O)(=O)c2ccccc2)cc1. The van der Waals surface area contributed by atoms with Crippen LogP contribution < -0.4 is 9.46 Å². The molecule has 0 aliphatic carbocycles. The van der Waals surface area contributed by atoms with E-state index in [1.165, 1.54) is 0 Å². The van der Waals surface area contributed by atoms with Crippen LogP contribution in [0, 0.1) is 0 Å².